The van der Waals surface area contributed by atoms with Crippen LogP contribution in [0.25, 0.3) is 4.96 Å². The fraction of sp³-hybridized carbons (Fsp3) is 0.133. The molecule has 6 nitrogen and oxygen atoms in total. The number of aromatic nitrogens is 2. The first-order valence-corrected chi connectivity index (χ1v) is 8.50. The van der Waals surface area contributed by atoms with Crippen LogP contribution in [0.15, 0.2) is 34.7 Å². The first-order valence-electron chi connectivity index (χ1n) is 6.87. The van der Waals surface area contributed by atoms with E-state index >= 15 is 0 Å². The van der Waals surface area contributed by atoms with E-state index < -0.39 is 0 Å². The average molecular weight is 383 g/mol. The van der Waals surface area contributed by atoms with Gasteiger partial charge in [-0.3, -0.25) is 9.20 Å². The first-order chi connectivity index (χ1) is 11.5. The van der Waals surface area contributed by atoms with Gasteiger partial charge in [0.2, 0.25) is 0 Å². The number of ether oxygens (including phenoxy) is 1. The van der Waals surface area contributed by atoms with Crippen molar-refractivity contribution in [3.05, 3.63) is 51.2 Å². The van der Waals surface area contributed by atoms with E-state index in [1.54, 1.807) is 24.3 Å². The Morgan fingerprint density at radius 2 is 2.17 bits per heavy atom. The zero-order valence-corrected chi connectivity index (χ0v) is 14.8. The van der Waals surface area contributed by atoms with Crippen LogP contribution in [0.3, 0.4) is 0 Å². The van der Waals surface area contributed by atoms with Crippen LogP contribution in [0.2, 0.25) is 10.2 Å². The Labute approximate surface area is 151 Å². The van der Waals surface area contributed by atoms with Crippen molar-refractivity contribution in [2.75, 3.05) is 6.61 Å². The van der Waals surface area contributed by atoms with Gasteiger partial charge in [-0.05, 0) is 31.2 Å². The predicted octanol–water partition coefficient (Wildman–Crippen LogP) is 3.54. The molecule has 1 N–H and O–H groups in total. The number of hydrogen-bond donors (Lipinski definition) is 1. The molecule has 0 saturated heterocycles. The molecule has 0 aliphatic heterocycles. The third kappa shape index (κ3) is 3.69. The summed E-state index contributed by atoms with van der Waals surface area (Å²) in [6, 6.07) is 6.73. The molecule has 124 valence electrons. The summed E-state index contributed by atoms with van der Waals surface area (Å²) in [7, 11) is 0. The van der Waals surface area contributed by atoms with Crippen LogP contribution < -0.4 is 10.2 Å². The summed E-state index contributed by atoms with van der Waals surface area (Å²) < 4.78 is 7.19. The molecule has 3 aromatic rings. The minimum absolute atomic E-state index is 0.161. The van der Waals surface area contributed by atoms with Crippen molar-refractivity contribution in [1.82, 2.24) is 14.8 Å². The third-order valence-corrected chi connectivity index (χ3v) is 4.56. The van der Waals surface area contributed by atoms with Gasteiger partial charge in [0.25, 0.3) is 5.91 Å². The van der Waals surface area contributed by atoms with Gasteiger partial charge in [0.15, 0.2) is 16.7 Å². The van der Waals surface area contributed by atoms with E-state index in [4.69, 9.17) is 27.9 Å². The summed E-state index contributed by atoms with van der Waals surface area (Å²) in [6.45, 7) is 1.78. The standard InChI is InChI=1S/C15H12Cl2N4O2S/c1-9-8-24-15-19-14(17)12(21(9)15)6-18-20-13(22)7-23-11-4-2-10(16)3-5-11/h2-6,8H,7H2,1H3,(H,20,22)/b18-6-. The molecule has 0 saturated carbocycles. The number of benzene rings is 1. The number of rotatable bonds is 5. The number of aryl methyl sites for hydroxylation is 1. The van der Waals surface area contributed by atoms with E-state index in [0.29, 0.717) is 21.6 Å². The number of carbonyl (C=O) groups is 1. The first kappa shape index (κ1) is 16.8. The highest BCUT2D eigenvalue weighted by Gasteiger charge is 2.12. The number of fused-ring (bicyclic) bond motifs is 1. The normalized spacial score (nSPS) is 11.3. The lowest BCUT2D eigenvalue weighted by Gasteiger charge is -2.04. The summed E-state index contributed by atoms with van der Waals surface area (Å²) in [5.74, 6) is 0.160. The van der Waals surface area contributed by atoms with Crippen molar-refractivity contribution in [1.29, 1.82) is 0 Å². The van der Waals surface area contributed by atoms with Crippen LogP contribution in [0.4, 0.5) is 0 Å². The SMILES string of the molecule is Cc1csc2nc(Cl)c(/C=N\NC(=O)COc3ccc(Cl)cc3)n12. The summed E-state index contributed by atoms with van der Waals surface area (Å²) >= 11 is 13.3. The van der Waals surface area contributed by atoms with E-state index in [-0.39, 0.29) is 12.5 Å². The Hall–Kier alpha value is -2.09. The molecule has 2 heterocycles. The molecule has 0 bridgehead atoms. The highest BCUT2D eigenvalue weighted by molar-refractivity contribution is 7.15. The molecule has 0 radical (unpaired) electrons. The van der Waals surface area contributed by atoms with Gasteiger partial charge < -0.3 is 4.74 Å². The van der Waals surface area contributed by atoms with E-state index in [9.17, 15) is 4.79 Å². The number of hydrazone groups is 1. The lowest BCUT2D eigenvalue weighted by molar-refractivity contribution is -0.123. The van der Waals surface area contributed by atoms with Gasteiger partial charge in [-0.15, -0.1) is 11.3 Å². The number of imidazole rings is 1. The smallest absolute Gasteiger partial charge is 0.277 e. The molecule has 0 spiro atoms. The second kappa shape index (κ2) is 7.21. The van der Waals surface area contributed by atoms with Crippen molar-refractivity contribution in [3.63, 3.8) is 0 Å². The van der Waals surface area contributed by atoms with Crippen molar-refractivity contribution in [2.45, 2.75) is 6.92 Å². The number of nitrogens with zero attached hydrogens (tertiary/aromatic N) is 3. The topological polar surface area (TPSA) is 68.0 Å². The summed E-state index contributed by atoms with van der Waals surface area (Å²) in [6.07, 6.45) is 1.46. The summed E-state index contributed by atoms with van der Waals surface area (Å²) in [4.78, 5) is 16.7. The highest BCUT2D eigenvalue weighted by atomic mass is 35.5. The third-order valence-electron chi connectivity index (χ3n) is 3.08. The zero-order valence-electron chi connectivity index (χ0n) is 12.5. The van der Waals surface area contributed by atoms with Gasteiger partial charge in [0.05, 0.1) is 6.21 Å². The molecule has 24 heavy (non-hydrogen) atoms. The lowest BCUT2D eigenvalue weighted by atomic mass is 10.3. The number of hydrogen-bond acceptors (Lipinski definition) is 5. The Bertz CT molecular complexity index is 902. The molecule has 0 fully saturated rings. The van der Waals surface area contributed by atoms with Crippen LogP contribution in [-0.4, -0.2) is 28.1 Å². The van der Waals surface area contributed by atoms with Crippen LogP contribution in [-0.2, 0) is 4.79 Å². The fourth-order valence-electron chi connectivity index (χ4n) is 1.99. The van der Waals surface area contributed by atoms with Gasteiger partial charge in [-0.2, -0.15) is 5.10 Å². The minimum Gasteiger partial charge on any atom is -0.484 e. The van der Waals surface area contributed by atoms with Crippen LogP contribution >= 0.6 is 34.5 Å². The molecule has 0 aliphatic rings. The monoisotopic (exact) mass is 382 g/mol. The molecule has 0 aliphatic carbocycles. The Morgan fingerprint density at radius 1 is 1.42 bits per heavy atom. The van der Waals surface area contributed by atoms with Crippen molar-refractivity contribution >= 4 is 51.6 Å². The second-order valence-electron chi connectivity index (χ2n) is 4.82. The van der Waals surface area contributed by atoms with E-state index in [1.807, 2.05) is 16.7 Å². The number of nitrogens with one attached hydrogen (secondary N) is 1. The van der Waals surface area contributed by atoms with E-state index in [0.717, 1.165) is 10.7 Å². The Morgan fingerprint density at radius 3 is 2.92 bits per heavy atom. The molecular weight excluding hydrogens is 371 g/mol. The molecule has 1 aromatic carbocycles. The maximum Gasteiger partial charge on any atom is 0.277 e. The lowest BCUT2D eigenvalue weighted by Crippen LogP contribution is -2.24. The number of carbonyl (C=O) groups excluding carboxylic acids is 1. The maximum absolute atomic E-state index is 11.7. The molecule has 0 atom stereocenters. The van der Waals surface area contributed by atoms with Gasteiger partial charge in [-0.1, -0.05) is 23.2 Å². The van der Waals surface area contributed by atoms with Crippen molar-refractivity contribution in [3.8, 4) is 5.75 Å². The van der Waals surface area contributed by atoms with Crippen molar-refractivity contribution in [2.24, 2.45) is 5.10 Å². The molecule has 1 amide bonds. The Balaban J connectivity index is 1.59. The molecular formula is C15H12Cl2N4O2S. The van der Waals surface area contributed by atoms with Crippen LogP contribution in [0, 0.1) is 6.92 Å². The van der Waals surface area contributed by atoms with Crippen LogP contribution in [0.5, 0.6) is 5.75 Å². The largest absolute Gasteiger partial charge is 0.484 e. The summed E-state index contributed by atoms with van der Waals surface area (Å²) in [5, 5.41) is 6.81. The number of halogens is 2. The number of amides is 1. The van der Waals surface area contributed by atoms with Crippen molar-refractivity contribution < 1.29 is 9.53 Å². The maximum atomic E-state index is 11.7. The average Bonchev–Trinajstić information content (AvgIpc) is 3.07. The van der Waals surface area contributed by atoms with Gasteiger partial charge in [0.1, 0.15) is 11.4 Å². The molecule has 2 aromatic heterocycles. The molecule has 3 rings (SSSR count). The number of thiazole rings is 1. The zero-order chi connectivity index (χ0) is 17.1. The highest BCUT2D eigenvalue weighted by Crippen LogP contribution is 2.22. The van der Waals surface area contributed by atoms with Gasteiger partial charge >= 0.3 is 0 Å². The molecule has 9 heteroatoms. The van der Waals surface area contributed by atoms with E-state index in [1.165, 1.54) is 17.6 Å². The quantitative estimate of drug-likeness (QED) is 0.541. The van der Waals surface area contributed by atoms with Gasteiger partial charge in [-0.25, -0.2) is 10.4 Å². The summed E-state index contributed by atoms with van der Waals surface area (Å²) in [5.41, 5.74) is 4.00. The van der Waals surface area contributed by atoms with Gasteiger partial charge in [0, 0.05) is 16.1 Å². The second-order valence-corrected chi connectivity index (χ2v) is 6.45. The fourth-order valence-corrected chi connectivity index (χ4v) is 3.25. The predicted molar refractivity (Wildman–Crippen MR) is 95.5 cm³/mol. The minimum atomic E-state index is -0.389. The molecule has 0 unspecified atom stereocenters. The van der Waals surface area contributed by atoms with E-state index in [2.05, 4.69) is 15.5 Å². The van der Waals surface area contributed by atoms with Crippen LogP contribution in [0.1, 0.15) is 11.4 Å². The Kier molecular flexibility index (Phi) is 5.03.